The van der Waals surface area contributed by atoms with Crippen LogP contribution in [-0.4, -0.2) is 9.13 Å². The number of benzene rings is 2. The summed E-state index contributed by atoms with van der Waals surface area (Å²) in [5.41, 5.74) is 5.61. The SMILES string of the molecule is Nc1ccc(S(=O)Cc2cc(Cl)ccc2[N+](=O)[O-])c(F)c1. The molecule has 21 heavy (non-hydrogen) atoms. The van der Waals surface area contributed by atoms with E-state index in [2.05, 4.69) is 0 Å². The summed E-state index contributed by atoms with van der Waals surface area (Å²) in [4.78, 5) is 10.3. The number of anilines is 1. The maximum atomic E-state index is 13.7. The van der Waals surface area contributed by atoms with E-state index >= 15 is 0 Å². The third-order valence-corrected chi connectivity index (χ3v) is 4.36. The normalized spacial score (nSPS) is 12.1. The smallest absolute Gasteiger partial charge is 0.273 e. The van der Waals surface area contributed by atoms with Gasteiger partial charge in [0, 0.05) is 22.3 Å². The first kappa shape index (κ1) is 15.4. The summed E-state index contributed by atoms with van der Waals surface area (Å²) in [5.74, 6) is -0.921. The summed E-state index contributed by atoms with van der Waals surface area (Å²) < 4.78 is 25.9. The molecule has 2 aromatic rings. The summed E-state index contributed by atoms with van der Waals surface area (Å²) >= 11 is 5.79. The number of nitro benzene ring substituents is 1. The Bertz CT molecular complexity index is 739. The van der Waals surface area contributed by atoms with E-state index in [1.54, 1.807) is 0 Å². The molecule has 0 radical (unpaired) electrons. The Hall–Kier alpha value is -1.99. The highest BCUT2D eigenvalue weighted by Crippen LogP contribution is 2.26. The molecule has 0 heterocycles. The molecule has 5 nitrogen and oxygen atoms in total. The predicted octanol–water partition coefficient (Wildman–Crippen LogP) is 3.28. The van der Waals surface area contributed by atoms with Crippen LogP contribution in [0, 0.1) is 15.9 Å². The van der Waals surface area contributed by atoms with Crippen LogP contribution in [0.1, 0.15) is 5.56 Å². The van der Waals surface area contributed by atoms with Gasteiger partial charge in [0.1, 0.15) is 5.82 Å². The fraction of sp³-hybridized carbons (Fsp3) is 0.0769. The number of hydrogen-bond donors (Lipinski definition) is 1. The van der Waals surface area contributed by atoms with E-state index in [9.17, 15) is 18.7 Å². The molecule has 0 aliphatic rings. The van der Waals surface area contributed by atoms with Gasteiger partial charge >= 0.3 is 0 Å². The van der Waals surface area contributed by atoms with E-state index in [0.717, 1.165) is 6.07 Å². The Morgan fingerprint density at radius 1 is 1.29 bits per heavy atom. The zero-order chi connectivity index (χ0) is 15.6. The average molecular weight is 329 g/mol. The van der Waals surface area contributed by atoms with Crippen LogP contribution in [0.2, 0.25) is 5.02 Å². The van der Waals surface area contributed by atoms with E-state index in [4.69, 9.17) is 17.3 Å². The Kier molecular flexibility index (Phi) is 4.54. The summed E-state index contributed by atoms with van der Waals surface area (Å²) in [7, 11) is -1.78. The lowest BCUT2D eigenvalue weighted by Crippen LogP contribution is -2.03. The monoisotopic (exact) mass is 328 g/mol. The molecule has 0 saturated carbocycles. The highest BCUT2D eigenvalue weighted by molar-refractivity contribution is 7.84. The third-order valence-electron chi connectivity index (χ3n) is 2.73. The van der Waals surface area contributed by atoms with Gasteiger partial charge in [-0.25, -0.2) is 4.39 Å². The van der Waals surface area contributed by atoms with Gasteiger partial charge in [-0.05, 0) is 30.3 Å². The molecule has 2 aromatic carbocycles. The molecule has 1 atom stereocenters. The van der Waals surface area contributed by atoms with Crippen molar-refractivity contribution in [3.63, 3.8) is 0 Å². The molecular weight excluding hydrogens is 319 g/mol. The van der Waals surface area contributed by atoms with E-state index in [1.807, 2.05) is 0 Å². The first-order valence-corrected chi connectivity index (χ1v) is 7.44. The molecule has 0 saturated heterocycles. The van der Waals surface area contributed by atoms with Gasteiger partial charge in [-0.15, -0.1) is 0 Å². The van der Waals surface area contributed by atoms with Crippen LogP contribution in [0.3, 0.4) is 0 Å². The molecule has 1 unspecified atom stereocenters. The minimum Gasteiger partial charge on any atom is -0.399 e. The van der Waals surface area contributed by atoms with Crippen molar-refractivity contribution in [2.45, 2.75) is 10.6 Å². The van der Waals surface area contributed by atoms with Gasteiger partial charge in [-0.2, -0.15) is 0 Å². The van der Waals surface area contributed by atoms with Gasteiger partial charge in [-0.3, -0.25) is 14.3 Å². The second kappa shape index (κ2) is 6.19. The molecule has 2 N–H and O–H groups in total. The van der Waals surface area contributed by atoms with Crippen molar-refractivity contribution in [2.75, 3.05) is 5.73 Å². The summed E-state index contributed by atoms with van der Waals surface area (Å²) in [6.07, 6.45) is 0. The van der Waals surface area contributed by atoms with Gasteiger partial charge in [0.25, 0.3) is 5.69 Å². The molecule has 8 heteroatoms. The van der Waals surface area contributed by atoms with E-state index < -0.39 is 21.5 Å². The van der Waals surface area contributed by atoms with Crippen molar-refractivity contribution < 1.29 is 13.5 Å². The number of nitrogens with zero attached hydrogens (tertiary/aromatic N) is 1. The molecule has 0 aromatic heterocycles. The first-order valence-electron chi connectivity index (χ1n) is 5.74. The predicted molar refractivity (Wildman–Crippen MR) is 79.0 cm³/mol. The maximum absolute atomic E-state index is 13.7. The lowest BCUT2D eigenvalue weighted by Gasteiger charge is -2.06. The fourth-order valence-electron chi connectivity index (χ4n) is 1.77. The molecule has 0 bridgehead atoms. The topological polar surface area (TPSA) is 86.2 Å². The van der Waals surface area contributed by atoms with E-state index in [1.165, 1.54) is 30.3 Å². The van der Waals surface area contributed by atoms with Crippen LogP contribution in [0.4, 0.5) is 15.8 Å². The van der Waals surface area contributed by atoms with Gasteiger partial charge in [0.15, 0.2) is 0 Å². The molecule has 0 amide bonds. The van der Waals surface area contributed by atoms with Gasteiger partial charge in [0.2, 0.25) is 0 Å². The second-order valence-electron chi connectivity index (χ2n) is 4.21. The maximum Gasteiger partial charge on any atom is 0.273 e. The average Bonchev–Trinajstić information content (AvgIpc) is 2.37. The Morgan fingerprint density at radius 3 is 2.62 bits per heavy atom. The van der Waals surface area contributed by atoms with Gasteiger partial charge in [0.05, 0.1) is 26.4 Å². The van der Waals surface area contributed by atoms with Crippen molar-refractivity contribution >= 4 is 33.8 Å². The molecule has 2 rings (SSSR count). The number of nitro groups is 1. The molecule has 0 fully saturated rings. The zero-order valence-corrected chi connectivity index (χ0v) is 12.2. The quantitative estimate of drug-likeness (QED) is 0.530. The number of nitrogens with two attached hydrogens (primary N) is 1. The van der Waals surface area contributed by atoms with Gasteiger partial charge < -0.3 is 5.73 Å². The Balaban J connectivity index is 2.35. The zero-order valence-electron chi connectivity index (χ0n) is 10.6. The summed E-state index contributed by atoms with van der Waals surface area (Å²) in [6, 6.07) is 7.73. The minimum atomic E-state index is -1.78. The molecular formula is C13H10ClFN2O3S. The molecule has 0 spiro atoms. The number of halogens is 2. The van der Waals surface area contributed by atoms with Crippen molar-refractivity contribution in [3.05, 3.63) is 62.9 Å². The van der Waals surface area contributed by atoms with Crippen LogP contribution in [0.15, 0.2) is 41.3 Å². The highest BCUT2D eigenvalue weighted by atomic mass is 35.5. The highest BCUT2D eigenvalue weighted by Gasteiger charge is 2.18. The largest absolute Gasteiger partial charge is 0.399 e. The van der Waals surface area contributed by atoms with Crippen molar-refractivity contribution in [2.24, 2.45) is 0 Å². The van der Waals surface area contributed by atoms with E-state index in [-0.39, 0.29) is 32.6 Å². The number of rotatable bonds is 4. The number of nitrogen functional groups attached to an aromatic ring is 1. The standard InChI is InChI=1S/C13H10ClFN2O3S/c14-9-1-3-12(17(18)19)8(5-9)7-21(20)13-4-2-10(16)6-11(13)15/h1-6H,7,16H2. The van der Waals surface area contributed by atoms with E-state index in [0.29, 0.717) is 0 Å². The Labute approximate surface area is 127 Å². The van der Waals surface area contributed by atoms with Crippen LogP contribution < -0.4 is 5.73 Å². The lowest BCUT2D eigenvalue weighted by molar-refractivity contribution is -0.385. The van der Waals surface area contributed by atoms with Crippen LogP contribution in [-0.2, 0) is 16.6 Å². The van der Waals surface area contributed by atoms with Crippen molar-refractivity contribution in [3.8, 4) is 0 Å². The van der Waals surface area contributed by atoms with Crippen LogP contribution >= 0.6 is 11.6 Å². The van der Waals surface area contributed by atoms with Crippen LogP contribution in [0.25, 0.3) is 0 Å². The lowest BCUT2D eigenvalue weighted by atomic mass is 10.2. The molecule has 0 aliphatic carbocycles. The fourth-order valence-corrected chi connectivity index (χ4v) is 3.13. The van der Waals surface area contributed by atoms with Gasteiger partial charge in [-0.1, -0.05) is 11.6 Å². The first-order chi connectivity index (χ1) is 9.88. The Morgan fingerprint density at radius 2 is 2.00 bits per heavy atom. The summed E-state index contributed by atoms with van der Waals surface area (Å²) in [6.45, 7) is 0. The minimum absolute atomic E-state index is 0.0570. The number of hydrogen-bond acceptors (Lipinski definition) is 4. The van der Waals surface area contributed by atoms with Crippen LogP contribution in [0.5, 0.6) is 0 Å². The third kappa shape index (κ3) is 3.56. The molecule has 110 valence electrons. The second-order valence-corrected chi connectivity index (χ2v) is 6.07. The van der Waals surface area contributed by atoms with Crippen molar-refractivity contribution in [1.29, 1.82) is 0 Å². The van der Waals surface area contributed by atoms with Crippen molar-refractivity contribution in [1.82, 2.24) is 0 Å². The summed E-state index contributed by atoms with van der Waals surface area (Å²) in [5, 5.41) is 11.2. The molecule has 0 aliphatic heterocycles.